The molecule has 0 radical (unpaired) electrons. The number of hydrogen-bond acceptors (Lipinski definition) is 4. The number of carbonyl (C=O) groups is 2. The van der Waals surface area contributed by atoms with Crippen molar-refractivity contribution in [2.45, 2.75) is 13.8 Å². The Hall–Kier alpha value is -3.18. The van der Waals surface area contributed by atoms with Crippen molar-refractivity contribution in [3.63, 3.8) is 0 Å². The van der Waals surface area contributed by atoms with Crippen LogP contribution in [0.25, 0.3) is 10.8 Å². The van der Waals surface area contributed by atoms with E-state index in [1.54, 1.807) is 0 Å². The first kappa shape index (κ1) is 17.9. The molecule has 0 atom stereocenters. The topological polar surface area (TPSA) is 49.9 Å². The average molecular weight is 386 g/mol. The Labute approximate surface area is 169 Å². The first-order valence-corrected chi connectivity index (χ1v) is 9.91. The van der Waals surface area contributed by atoms with Crippen molar-refractivity contribution in [3.8, 4) is 0 Å². The molecule has 0 unspecified atom stereocenters. The molecule has 146 valence electrons. The highest BCUT2D eigenvalue weighted by molar-refractivity contribution is 6.36. The van der Waals surface area contributed by atoms with Crippen molar-refractivity contribution >= 4 is 34.0 Å². The second-order valence-corrected chi connectivity index (χ2v) is 7.62. The van der Waals surface area contributed by atoms with Gasteiger partial charge in [0.1, 0.15) is 0 Å². The van der Waals surface area contributed by atoms with E-state index in [9.17, 15) is 9.59 Å². The van der Waals surface area contributed by atoms with Crippen molar-refractivity contribution in [1.82, 2.24) is 0 Å². The smallest absolute Gasteiger partial charge is 0.265 e. The van der Waals surface area contributed by atoms with Gasteiger partial charge < -0.3 is 9.64 Å². The number of hydrogen-bond donors (Lipinski definition) is 0. The molecule has 2 aliphatic heterocycles. The molecule has 0 aliphatic carbocycles. The van der Waals surface area contributed by atoms with Gasteiger partial charge in [-0.25, -0.2) is 4.90 Å². The summed E-state index contributed by atoms with van der Waals surface area (Å²) in [6.45, 7) is 6.90. The zero-order valence-electron chi connectivity index (χ0n) is 16.6. The van der Waals surface area contributed by atoms with Crippen molar-refractivity contribution in [2.75, 3.05) is 36.1 Å². The molecule has 2 amide bonds. The lowest BCUT2D eigenvalue weighted by Crippen LogP contribution is -2.41. The summed E-state index contributed by atoms with van der Waals surface area (Å²) < 4.78 is 5.47. The van der Waals surface area contributed by atoms with Crippen molar-refractivity contribution in [3.05, 3.63) is 70.8 Å². The van der Waals surface area contributed by atoms with E-state index in [0.29, 0.717) is 30.0 Å². The van der Waals surface area contributed by atoms with Gasteiger partial charge in [0.15, 0.2) is 0 Å². The molecule has 3 aromatic carbocycles. The van der Waals surface area contributed by atoms with Crippen LogP contribution < -0.4 is 9.80 Å². The quantitative estimate of drug-likeness (QED) is 0.623. The highest BCUT2D eigenvalue weighted by Gasteiger charge is 2.35. The summed E-state index contributed by atoms with van der Waals surface area (Å²) in [7, 11) is 0. The SMILES string of the molecule is Cc1cccc(N2C(=O)c3cccc4c(N5CCOCC5)ccc(c34)C2=O)c1C. The molecule has 0 saturated carbocycles. The second-order valence-electron chi connectivity index (χ2n) is 7.62. The van der Waals surface area contributed by atoms with Gasteiger partial charge in [0, 0.05) is 40.7 Å². The fraction of sp³-hybridized carbons (Fsp3) is 0.250. The maximum absolute atomic E-state index is 13.4. The van der Waals surface area contributed by atoms with Gasteiger partial charge in [0.05, 0.1) is 18.9 Å². The monoisotopic (exact) mass is 386 g/mol. The number of morpholine rings is 1. The third-order valence-corrected chi connectivity index (χ3v) is 6.05. The average Bonchev–Trinajstić information content (AvgIpc) is 2.75. The lowest BCUT2D eigenvalue weighted by Gasteiger charge is -2.33. The summed E-state index contributed by atoms with van der Waals surface area (Å²) in [5, 5.41) is 1.71. The van der Waals surface area contributed by atoms with Crippen LogP contribution in [0.3, 0.4) is 0 Å². The minimum absolute atomic E-state index is 0.263. The van der Waals surface area contributed by atoms with E-state index < -0.39 is 0 Å². The predicted octanol–water partition coefficient (Wildman–Crippen LogP) is 4.09. The first-order chi connectivity index (χ1) is 14.1. The molecular weight excluding hydrogens is 364 g/mol. The fourth-order valence-corrected chi connectivity index (χ4v) is 4.36. The predicted molar refractivity (Wildman–Crippen MR) is 114 cm³/mol. The van der Waals surface area contributed by atoms with Gasteiger partial charge in [-0.15, -0.1) is 0 Å². The van der Waals surface area contributed by atoms with E-state index in [0.717, 1.165) is 40.7 Å². The number of ether oxygens (including phenoxy) is 1. The molecular formula is C24H22N2O3. The highest BCUT2D eigenvalue weighted by atomic mass is 16.5. The number of nitrogens with zero attached hydrogens (tertiary/aromatic N) is 2. The van der Waals surface area contributed by atoms with Gasteiger partial charge in [-0.3, -0.25) is 9.59 Å². The summed E-state index contributed by atoms with van der Waals surface area (Å²) >= 11 is 0. The maximum atomic E-state index is 13.4. The van der Waals surface area contributed by atoms with E-state index in [1.807, 2.05) is 62.4 Å². The molecule has 5 heteroatoms. The van der Waals surface area contributed by atoms with Gasteiger partial charge in [0.25, 0.3) is 11.8 Å². The molecule has 3 aromatic rings. The van der Waals surface area contributed by atoms with E-state index in [2.05, 4.69) is 4.90 Å². The standard InChI is InChI=1S/C24H22N2O3/c1-15-5-3-8-20(16(15)2)26-23(27)18-7-4-6-17-21(25-11-13-29-14-12-25)10-9-19(22(17)18)24(26)28/h3-10H,11-14H2,1-2H3. The molecule has 29 heavy (non-hydrogen) atoms. The molecule has 5 nitrogen and oxygen atoms in total. The van der Waals surface area contributed by atoms with Crippen molar-refractivity contribution < 1.29 is 14.3 Å². The van der Waals surface area contributed by atoms with Crippen molar-refractivity contribution in [1.29, 1.82) is 0 Å². The third-order valence-electron chi connectivity index (χ3n) is 6.05. The number of imide groups is 1. The zero-order valence-corrected chi connectivity index (χ0v) is 16.6. The lowest BCUT2D eigenvalue weighted by molar-refractivity contribution is 0.0893. The summed E-state index contributed by atoms with van der Waals surface area (Å²) in [5.41, 5.74) is 4.85. The van der Waals surface area contributed by atoms with Crippen LogP contribution in [0.15, 0.2) is 48.5 Å². The van der Waals surface area contributed by atoms with Crippen molar-refractivity contribution in [2.24, 2.45) is 0 Å². The van der Waals surface area contributed by atoms with Crippen LogP contribution in [-0.4, -0.2) is 38.1 Å². The zero-order chi connectivity index (χ0) is 20.1. The van der Waals surface area contributed by atoms with E-state index in [1.165, 1.54) is 4.90 Å². The Morgan fingerprint density at radius 3 is 2.24 bits per heavy atom. The minimum atomic E-state index is -0.263. The van der Waals surface area contributed by atoms with Gasteiger partial charge in [-0.2, -0.15) is 0 Å². The van der Waals surface area contributed by atoms with Crippen LogP contribution in [0.2, 0.25) is 0 Å². The largest absolute Gasteiger partial charge is 0.378 e. The number of amides is 2. The van der Waals surface area contributed by atoms with Gasteiger partial charge in [-0.05, 0) is 49.2 Å². The van der Waals surface area contributed by atoms with Crippen LogP contribution in [-0.2, 0) is 4.74 Å². The molecule has 1 fully saturated rings. The Bertz CT molecular complexity index is 1140. The number of rotatable bonds is 2. The summed E-state index contributed by atoms with van der Waals surface area (Å²) in [4.78, 5) is 30.5. The van der Waals surface area contributed by atoms with Gasteiger partial charge >= 0.3 is 0 Å². The summed E-state index contributed by atoms with van der Waals surface area (Å²) in [6, 6.07) is 15.3. The van der Waals surface area contributed by atoms with Crippen LogP contribution in [0.4, 0.5) is 11.4 Å². The van der Waals surface area contributed by atoms with E-state index in [-0.39, 0.29) is 11.8 Å². The maximum Gasteiger partial charge on any atom is 0.265 e. The van der Waals surface area contributed by atoms with Crippen LogP contribution in [0.1, 0.15) is 31.8 Å². The molecule has 2 aliphatic rings. The third kappa shape index (κ3) is 2.65. The molecule has 0 aromatic heterocycles. The number of carbonyl (C=O) groups excluding carboxylic acids is 2. The Balaban J connectivity index is 1.70. The minimum Gasteiger partial charge on any atom is -0.378 e. The van der Waals surface area contributed by atoms with E-state index >= 15 is 0 Å². The number of anilines is 2. The highest BCUT2D eigenvalue weighted by Crippen LogP contribution is 2.38. The number of benzene rings is 3. The molecule has 1 saturated heterocycles. The first-order valence-electron chi connectivity index (χ1n) is 9.91. The fourth-order valence-electron chi connectivity index (χ4n) is 4.36. The molecule has 0 spiro atoms. The molecule has 5 rings (SSSR count). The second kappa shape index (κ2) is 6.71. The van der Waals surface area contributed by atoms with Gasteiger partial charge in [-0.1, -0.05) is 24.3 Å². The normalized spacial score (nSPS) is 16.6. The van der Waals surface area contributed by atoms with Gasteiger partial charge in [0.2, 0.25) is 0 Å². The van der Waals surface area contributed by atoms with E-state index in [4.69, 9.17) is 4.74 Å². The molecule has 0 bridgehead atoms. The van der Waals surface area contributed by atoms with Crippen LogP contribution in [0.5, 0.6) is 0 Å². The molecule has 2 heterocycles. The Morgan fingerprint density at radius 1 is 0.793 bits per heavy atom. The lowest BCUT2D eigenvalue weighted by atomic mass is 9.91. The van der Waals surface area contributed by atoms with Crippen LogP contribution >= 0.6 is 0 Å². The number of aryl methyl sites for hydroxylation is 1. The summed E-state index contributed by atoms with van der Waals surface area (Å²) in [5.74, 6) is -0.526. The summed E-state index contributed by atoms with van der Waals surface area (Å²) in [6.07, 6.45) is 0. The molecule has 0 N–H and O–H groups in total. The van der Waals surface area contributed by atoms with Crippen LogP contribution in [0, 0.1) is 13.8 Å². The Kier molecular flexibility index (Phi) is 4.14. The Morgan fingerprint density at radius 2 is 1.48 bits per heavy atom.